The van der Waals surface area contributed by atoms with Crippen molar-refractivity contribution in [2.75, 3.05) is 18.5 Å². The summed E-state index contributed by atoms with van der Waals surface area (Å²) in [6.07, 6.45) is 1.43. The minimum atomic E-state index is -0.432. The maximum Gasteiger partial charge on any atom is 0.319 e. The van der Waals surface area contributed by atoms with Crippen LogP contribution < -0.4 is 15.4 Å². The molecule has 2 rings (SSSR count). The topological polar surface area (TPSA) is 83.5 Å². The van der Waals surface area contributed by atoms with Crippen LogP contribution in [0.4, 0.5) is 14.9 Å². The Bertz CT molecular complexity index is 587. The van der Waals surface area contributed by atoms with Gasteiger partial charge in [0.25, 0.3) is 0 Å². The van der Waals surface area contributed by atoms with E-state index in [1.807, 2.05) is 0 Å². The van der Waals surface area contributed by atoms with E-state index in [-0.39, 0.29) is 19.0 Å². The summed E-state index contributed by atoms with van der Waals surface area (Å²) in [7, 11) is 0. The summed E-state index contributed by atoms with van der Waals surface area (Å²) in [5, 5.41) is 13.6. The van der Waals surface area contributed by atoms with Gasteiger partial charge in [-0.25, -0.2) is 14.2 Å². The third-order valence-electron chi connectivity index (χ3n) is 2.43. The van der Waals surface area contributed by atoms with E-state index in [1.165, 1.54) is 30.5 Å². The molecule has 0 fully saturated rings. The van der Waals surface area contributed by atoms with Gasteiger partial charge in [0.15, 0.2) is 0 Å². The Morgan fingerprint density at radius 1 is 1.24 bits per heavy atom. The van der Waals surface area contributed by atoms with Gasteiger partial charge in [0.1, 0.15) is 11.6 Å². The zero-order valence-electron chi connectivity index (χ0n) is 11.0. The maximum absolute atomic E-state index is 12.8. The van der Waals surface area contributed by atoms with Crippen molar-refractivity contribution in [3.8, 4) is 11.6 Å². The number of rotatable bonds is 5. The summed E-state index contributed by atoms with van der Waals surface area (Å²) in [6, 6.07) is 8.32. The minimum absolute atomic E-state index is 0.129. The lowest BCUT2D eigenvalue weighted by molar-refractivity contribution is 0.245. The molecule has 1 heterocycles. The van der Waals surface area contributed by atoms with Crippen molar-refractivity contribution in [2.24, 2.45) is 0 Å². The van der Waals surface area contributed by atoms with E-state index in [0.29, 0.717) is 17.3 Å². The van der Waals surface area contributed by atoms with Crippen LogP contribution in [0.15, 0.2) is 42.6 Å². The van der Waals surface area contributed by atoms with Crippen LogP contribution in [0.1, 0.15) is 0 Å². The highest BCUT2D eigenvalue weighted by Gasteiger charge is 2.03. The predicted octanol–water partition coefficient (Wildman–Crippen LogP) is 2.13. The summed E-state index contributed by atoms with van der Waals surface area (Å²) >= 11 is 0. The van der Waals surface area contributed by atoms with Gasteiger partial charge in [-0.1, -0.05) is 0 Å². The fourth-order valence-electron chi connectivity index (χ4n) is 1.48. The Kier molecular flexibility index (Phi) is 5.05. The number of anilines is 1. The number of urea groups is 1. The van der Waals surface area contributed by atoms with Crippen LogP contribution in [0, 0.1) is 5.82 Å². The van der Waals surface area contributed by atoms with Crippen molar-refractivity contribution in [1.82, 2.24) is 10.3 Å². The van der Waals surface area contributed by atoms with Gasteiger partial charge in [-0.05, 0) is 30.3 Å². The summed E-state index contributed by atoms with van der Waals surface area (Å²) in [6.45, 7) is 0.0428. The van der Waals surface area contributed by atoms with Gasteiger partial charge in [0.2, 0.25) is 5.88 Å². The molecule has 3 N–H and O–H groups in total. The Morgan fingerprint density at radius 2 is 2.00 bits per heavy atom. The molecule has 7 heteroatoms. The molecular formula is C14H14FN3O3. The van der Waals surface area contributed by atoms with E-state index in [1.54, 1.807) is 12.1 Å². The molecule has 0 unspecified atom stereocenters. The Hall–Kier alpha value is -2.67. The molecule has 0 saturated carbocycles. The summed E-state index contributed by atoms with van der Waals surface area (Å²) in [5.41, 5.74) is 0.483. The molecule has 0 saturated heterocycles. The van der Waals surface area contributed by atoms with Gasteiger partial charge in [-0.15, -0.1) is 0 Å². The molecule has 0 radical (unpaired) electrons. The molecule has 0 aliphatic rings. The average Bonchev–Trinajstić information content (AvgIpc) is 2.49. The van der Waals surface area contributed by atoms with Crippen molar-refractivity contribution in [3.05, 3.63) is 48.4 Å². The highest BCUT2D eigenvalue weighted by molar-refractivity contribution is 5.88. The normalized spacial score (nSPS) is 10.0. The van der Waals surface area contributed by atoms with Crippen molar-refractivity contribution in [1.29, 1.82) is 0 Å². The number of carbonyl (C=O) groups excluding carboxylic acids is 1. The zero-order valence-corrected chi connectivity index (χ0v) is 11.0. The van der Waals surface area contributed by atoms with Gasteiger partial charge in [-0.2, -0.15) is 0 Å². The molecule has 2 amide bonds. The first-order valence-corrected chi connectivity index (χ1v) is 6.22. The van der Waals surface area contributed by atoms with Crippen molar-refractivity contribution >= 4 is 11.7 Å². The second kappa shape index (κ2) is 7.20. The molecule has 21 heavy (non-hydrogen) atoms. The van der Waals surface area contributed by atoms with Crippen LogP contribution >= 0.6 is 0 Å². The van der Waals surface area contributed by atoms with Gasteiger partial charge in [-0.3, -0.25) is 0 Å². The zero-order chi connectivity index (χ0) is 15.1. The van der Waals surface area contributed by atoms with E-state index in [9.17, 15) is 9.18 Å². The number of nitrogens with one attached hydrogen (secondary N) is 2. The highest BCUT2D eigenvalue weighted by Crippen LogP contribution is 2.20. The van der Waals surface area contributed by atoms with Crippen LogP contribution in [-0.4, -0.2) is 29.3 Å². The number of hydrogen-bond acceptors (Lipinski definition) is 4. The van der Waals surface area contributed by atoms with Crippen LogP contribution in [-0.2, 0) is 0 Å². The molecule has 2 aromatic rings. The number of amides is 2. The lowest BCUT2D eigenvalue weighted by Gasteiger charge is -2.07. The lowest BCUT2D eigenvalue weighted by atomic mass is 10.3. The van der Waals surface area contributed by atoms with E-state index in [0.717, 1.165) is 0 Å². The number of aromatic nitrogens is 1. The lowest BCUT2D eigenvalue weighted by Crippen LogP contribution is -2.30. The molecule has 0 aliphatic heterocycles. The highest BCUT2D eigenvalue weighted by atomic mass is 19.1. The van der Waals surface area contributed by atoms with Gasteiger partial charge >= 0.3 is 6.03 Å². The summed E-state index contributed by atoms with van der Waals surface area (Å²) in [4.78, 5) is 15.4. The largest absolute Gasteiger partial charge is 0.439 e. The Morgan fingerprint density at radius 3 is 2.62 bits per heavy atom. The van der Waals surface area contributed by atoms with E-state index < -0.39 is 6.03 Å². The minimum Gasteiger partial charge on any atom is -0.439 e. The molecule has 0 aliphatic carbocycles. The third-order valence-corrected chi connectivity index (χ3v) is 2.43. The van der Waals surface area contributed by atoms with E-state index in [4.69, 9.17) is 9.84 Å². The maximum atomic E-state index is 12.8. The van der Waals surface area contributed by atoms with Gasteiger partial charge in [0, 0.05) is 12.6 Å². The molecule has 0 bridgehead atoms. The smallest absolute Gasteiger partial charge is 0.319 e. The number of aliphatic hydroxyl groups is 1. The number of ether oxygens (including phenoxy) is 1. The number of hydrogen-bond donors (Lipinski definition) is 3. The number of nitrogens with zero attached hydrogens (tertiary/aromatic N) is 1. The van der Waals surface area contributed by atoms with Crippen molar-refractivity contribution < 1.29 is 19.0 Å². The number of aliphatic hydroxyl groups excluding tert-OH is 1. The number of benzene rings is 1. The van der Waals surface area contributed by atoms with Crippen LogP contribution in [0.2, 0.25) is 0 Å². The van der Waals surface area contributed by atoms with E-state index >= 15 is 0 Å². The molecule has 110 valence electrons. The first kappa shape index (κ1) is 14.7. The van der Waals surface area contributed by atoms with E-state index in [2.05, 4.69) is 15.6 Å². The SMILES string of the molecule is O=C(NCCO)Nc1ccc(Oc2ccc(F)cc2)nc1. The second-order valence-corrected chi connectivity index (χ2v) is 4.05. The van der Waals surface area contributed by atoms with Gasteiger partial charge in [0.05, 0.1) is 18.5 Å². The first-order chi connectivity index (χ1) is 10.2. The third kappa shape index (κ3) is 4.73. The quantitative estimate of drug-likeness (QED) is 0.788. The molecule has 6 nitrogen and oxygen atoms in total. The Balaban J connectivity index is 1.92. The van der Waals surface area contributed by atoms with Crippen LogP contribution in [0.5, 0.6) is 11.6 Å². The standard InChI is InChI=1S/C14H14FN3O3/c15-10-1-4-12(5-2-10)21-13-6-3-11(9-17-13)18-14(20)16-7-8-19/h1-6,9,19H,7-8H2,(H2,16,18,20). The average molecular weight is 291 g/mol. The first-order valence-electron chi connectivity index (χ1n) is 6.22. The monoisotopic (exact) mass is 291 g/mol. The fourth-order valence-corrected chi connectivity index (χ4v) is 1.48. The Labute approximate surface area is 120 Å². The van der Waals surface area contributed by atoms with Crippen molar-refractivity contribution in [2.45, 2.75) is 0 Å². The predicted molar refractivity (Wildman–Crippen MR) is 74.8 cm³/mol. The molecule has 0 atom stereocenters. The number of pyridine rings is 1. The molecular weight excluding hydrogens is 277 g/mol. The molecule has 1 aromatic carbocycles. The summed E-state index contributed by atoms with van der Waals surface area (Å²) < 4.78 is 18.2. The fraction of sp³-hybridized carbons (Fsp3) is 0.143. The molecule has 0 spiro atoms. The van der Waals surface area contributed by atoms with Crippen LogP contribution in [0.25, 0.3) is 0 Å². The second-order valence-electron chi connectivity index (χ2n) is 4.05. The van der Waals surface area contributed by atoms with Crippen molar-refractivity contribution in [3.63, 3.8) is 0 Å². The summed E-state index contributed by atoms with van der Waals surface area (Å²) in [5.74, 6) is 0.442. The van der Waals surface area contributed by atoms with Crippen LogP contribution in [0.3, 0.4) is 0 Å². The van der Waals surface area contributed by atoms with Gasteiger partial charge < -0.3 is 20.5 Å². The number of carbonyl (C=O) groups is 1. The number of halogens is 1. The molecule has 1 aromatic heterocycles.